The van der Waals surface area contributed by atoms with Gasteiger partial charge in [0, 0.05) is 17.5 Å². The number of hydrogen-bond donors (Lipinski definition) is 1. The third-order valence-corrected chi connectivity index (χ3v) is 3.56. The van der Waals surface area contributed by atoms with Crippen LogP contribution in [0.1, 0.15) is 30.7 Å². The SMILES string of the molecule is OC1CCCC1c1cccc2ncccc12. The quantitative estimate of drug-likeness (QED) is 0.790. The van der Waals surface area contributed by atoms with E-state index in [1.165, 1.54) is 10.9 Å². The van der Waals surface area contributed by atoms with Gasteiger partial charge in [0.25, 0.3) is 0 Å². The molecule has 82 valence electrons. The van der Waals surface area contributed by atoms with Crippen molar-refractivity contribution in [3.8, 4) is 0 Å². The molecule has 1 N–H and O–H groups in total. The van der Waals surface area contributed by atoms with Crippen molar-refractivity contribution in [3.05, 3.63) is 42.1 Å². The number of benzene rings is 1. The number of fused-ring (bicyclic) bond motifs is 1. The molecule has 0 radical (unpaired) electrons. The average Bonchev–Trinajstić information content (AvgIpc) is 2.75. The maximum atomic E-state index is 9.98. The first-order valence-corrected chi connectivity index (χ1v) is 5.88. The van der Waals surface area contributed by atoms with E-state index < -0.39 is 0 Å². The molecule has 2 heteroatoms. The van der Waals surface area contributed by atoms with Crippen molar-refractivity contribution in [2.45, 2.75) is 31.3 Å². The van der Waals surface area contributed by atoms with Crippen LogP contribution in [0.2, 0.25) is 0 Å². The van der Waals surface area contributed by atoms with E-state index in [-0.39, 0.29) is 6.10 Å². The van der Waals surface area contributed by atoms with Crippen LogP contribution in [0.15, 0.2) is 36.5 Å². The summed E-state index contributed by atoms with van der Waals surface area (Å²) in [5, 5.41) is 11.2. The highest BCUT2D eigenvalue weighted by Gasteiger charge is 2.27. The van der Waals surface area contributed by atoms with E-state index in [1.807, 2.05) is 24.4 Å². The highest BCUT2D eigenvalue weighted by molar-refractivity contribution is 5.82. The summed E-state index contributed by atoms with van der Waals surface area (Å²) < 4.78 is 0. The van der Waals surface area contributed by atoms with Crippen LogP contribution in [0.25, 0.3) is 10.9 Å². The van der Waals surface area contributed by atoms with Crippen molar-refractivity contribution in [2.75, 3.05) is 0 Å². The third kappa shape index (κ3) is 1.50. The van der Waals surface area contributed by atoms with Gasteiger partial charge in [0.2, 0.25) is 0 Å². The summed E-state index contributed by atoms with van der Waals surface area (Å²) in [5.74, 6) is 0.299. The number of rotatable bonds is 1. The second kappa shape index (κ2) is 3.87. The molecule has 0 saturated heterocycles. The molecule has 0 bridgehead atoms. The largest absolute Gasteiger partial charge is 0.392 e. The number of hydrogen-bond acceptors (Lipinski definition) is 2. The van der Waals surface area contributed by atoms with Gasteiger partial charge in [-0.05, 0) is 30.5 Å². The van der Waals surface area contributed by atoms with Crippen molar-refractivity contribution in [3.63, 3.8) is 0 Å². The highest BCUT2D eigenvalue weighted by Crippen LogP contribution is 2.37. The van der Waals surface area contributed by atoms with Crippen molar-refractivity contribution < 1.29 is 5.11 Å². The number of pyridine rings is 1. The zero-order chi connectivity index (χ0) is 11.0. The Bertz CT molecular complexity index is 504. The first-order chi connectivity index (χ1) is 7.86. The lowest BCUT2D eigenvalue weighted by atomic mass is 9.92. The van der Waals surface area contributed by atoms with Gasteiger partial charge in [-0.1, -0.05) is 24.6 Å². The van der Waals surface area contributed by atoms with Gasteiger partial charge in [-0.15, -0.1) is 0 Å². The molecule has 2 nitrogen and oxygen atoms in total. The number of aromatic nitrogens is 1. The van der Waals surface area contributed by atoms with Crippen molar-refractivity contribution in [1.82, 2.24) is 4.98 Å². The molecule has 0 spiro atoms. The van der Waals surface area contributed by atoms with Gasteiger partial charge in [0.1, 0.15) is 0 Å². The summed E-state index contributed by atoms with van der Waals surface area (Å²) in [7, 11) is 0. The van der Waals surface area contributed by atoms with Gasteiger partial charge in [0.05, 0.1) is 11.6 Å². The van der Waals surface area contributed by atoms with E-state index in [2.05, 4.69) is 17.1 Å². The first-order valence-electron chi connectivity index (χ1n) is 5.88. The molecule has 1 fully saturated rings. The van der Waals surface area contributed by atoms with E-state index in [0.29, 0.717) is 5.92 Å². The monoisotopic (exact) mass is 213 g/mol. The Balaban J connectivity index is 2.16. The Kier molecular flexibility index (Phi) is 2.37. The van der Waals surface area contributed by atoms with Gasteiger partial charge in [-0.3, -0.25) is 4.98 Å². The molecule has 1 aliphatic carbocycles. The van der Waals surface area contributed by atoms with Crippen LogP contribution in [-0.4, -0.2) is 16.2 Å². The normalized spacial score (nSPS) is 25.1. The van der Waals surface area contributed by atoms with E-state index in [4.69, 9.17) is 0 Å². The van der Waals surface area contributed by atoms with Gasteiger partial charge < -0.3 is 5.11 Å². The van der Waals surface area contributed by atoms with Crippen LogP contribution in [0.4, 0.5) is 0 Å². The minimum absolute atomic E-state index is 0.175. The number of aliphatic hydroxyl groups excluding tert-OH is 1. The lowest BCUT2D eigenvalue weighted by Gasteiger charge is -2.16. The van der Waals surface area contributed by atoms with E-state index >= 15 is 0 Å². The molecule has 1 saturated carbocycles. The summed E-state index contributed by atoms with van der Waals surface area (Å²) in [6, 6.07) is 10.3. The molecule has 1 aromatic carbocycles. The molecule has 0 amide bonds. The summed E-state index contributed by atoms with van der Waals surface area (Å²) in [4.78, 5) is 4.36. The zero-order valence-electron chi connectivity index (χ0n) is 9.13. The minimum Gasteiger partial charge on any atom is -0.392 e. The van der Waals surface area contributed by atoms with Crippen LogP contribution in [0, 0.1) is 0 Å². The average molecular weight is 213 g/mol. The van der Waals surface area contributed by atoms with Crippen LogP contribution in [0.3, 0.4) is 0 Å². The highest BCUT2D eigenvalue weighted by atomic mass is 16.3. The zero-order valence-corrected chi connectivity index (χ0v) is 9.13. The summed E-state index contributed by atoms with van der Waals surface area (Å²) in [6.45, 7) is 0. The van der Waals surface area contributed by atoms with Crippen molar-refractivity contribution in [2.24, 2.45) is 0 Å². The fraction of sp³-hybridized carbons (Fsp3) is 0.357. The van der Waals surface area contributed by atoms with Gasteiger partial charge in [0.15, 0.2) is 0 Å². The molecule has 0 aliphatic heterocycles. The molecule has 1 heterocycles. The molecular weight excluding hydrogens is 198 g/mol. The molecular formula is C14H15NO. The summed E-state index contributed by atoms with van der Waals surface area (Å²) in [5.41, 5.74) is 2.29. The Labute approximate surface area is 94.9 Å². The Hall–Kier alpha value is -1.41. The molecule has 2 unspecified atom stereocenters. The fourth-order valence-electron chi connectivity index (χ4n) is 2.75. The molecule has 3 rings (SSSR count). The maximum absolute atomic E-state index is 9.98. The van der Waals surface area contributed by atoms with Crippen LogP contribution in [0.5, 0.6) is 0 Å². The van der Waals surface area contributed by atoms with Gasteiger partial charge in [-0.2, -0.15) is 0 Å². The van der Waals surface area contributed by atoms with Crippen LogP contribution >= 0.6 is 0 Å². The molecule has 2 aromatic rings. The fourth-order valence-corrected chi connectivity index (χ4v) is 2.75. The number of aliphatic hydroxyl groups is 1. The third-order valence-electron chi connectivity index (χ3n) is 3.56. The lowest BCUT2D eigenvalue weighted by Crippen LogP contribution is -2.11. The second-order valence-electron chi connectivity index (χ2n) is 4.52. The Morgan fingerprint density at radius 2 is 2.06 bits per heavy atom. The molecule has 2 atom stereocenters. The maximum Gasteiger partial charge on any atom is 0.0704 e. The Morgan fingerprint density at radius 1 is 1.12 bits per heavy atom. The second-order valence-corrected chi connectivity index (χ2v) is 4.52. The summed E-state index contributed by atoms with van der Waals surface area (Å²) >= 11 is 0. The van der Waals surface area contributed by atoms with E-state index in [1.54, 1.807) is 0 Å². The Morgan fingerprint density at radius 3 is 2.88 bits per heavy atom. The van der Waals surface area contributed by atoms with E-state index in [9.17, 15) is 5.11 Å². The standard InChI is InChI=1S/C14H15NO/c16-14-8-2-5-12(14)10-4-1-7-13-11(10)6-3-9-15-13/h1,3-4,6-7,9,12,14,16H,2,5,8H2. The summed E-state index contributed by atoms with van der Waals surface area (Å²) in [6.07, 6.45) is 4.79. The van der Waals surface area contributed by atoms with Gasteiger partial charge >= 0.3 is 0 Å². The predicted octanol–water partition coefficient (Wildman–Crippen LogP) is 2.86. The number of nitrogens with zero attached hydrogens (tertiary/aromatic N) is 1. The molecule has 16 heavy (non-hydrogen) atoms. The predicted molar refractivity (Wildman–Crippen MR) is 64.3 cm³/mol. The smallest absolute Gasteiger partial charge is 0.0704 e. The molecule has 1 aliphatic rings. The van der Waals surface area contributed by atoms with Crippen molar-refractivity contribution >= 4 is 10.9 Å². The van der Waals surface area contributed by atoms with E-state index in [0.717, 1.165) is 24.8 Å². The van der Waals surface area contributed by atoms with Gasteiger partial charge in [-0.25, -0.2) is 0 Å². The van der Waals surface area contributed by atoms with Crippen LogP contribution < -0.4 is 0 Å². The van der Waals surface area contributed by atoms with Crippen molar-refractivity contribution in [1.29, 1.82) is 0 Å². The molecule has 1 aromatic heterocycles. The topological polar surface area (TPSA) is 33.1 Å². The first kappa shape index (κ1) is 9.79. The minimum atomic E-state index is -0.175. The van der Waals surface area contributed by atoms with Crippen LogP contribution in [-0.2, 0) is 0 Å². The lowest BCUT2D eigenvalue weighted by molar-refractivity contribution is 0.164.